The van der Waals surface area contributed by atoms with Gasteiger partial charge in [0.25, 0.3) is 0 Å². The highest BCUT2D eigenvalue weighted by atomic mass is 35.5. The number of pyridine rings is 1. The molecule has 0 atom stereocenters. The maximum atomic E-state index is 5.92. The SMILES string of the molecule is CCOc1cc(CNCCCSc2nnnn2C)ccc1OCc1ccc(Cl)nc1.Cl.Cl. The number of hydrogen-bond acceptors (Lipinski definition) is 8. The standard InChI is InChI=1S/C20H25ClN6O2S.2ClH/c1-3-28-18-11-15(12-22-9-4-10-30-20-24-25-26-27(20)2)5-7-17(18)29-14-16-6-8-19(21)23-13-16;;/h5-8,11,13,22H,3-4,9-10,12,14H2,1-2H3;2*1H. The second-order valence-corrected chi connectivity index (χ2v) is 7.91. The van der Waals surface area contributed by atoms with Crippen molar-refractivity contribution in [2.24, 2.45) is 7.05 Å². The number of aromatic nitrogens is 5. The van der Waals surface area contributed by atoms with Gasteiger partial charge in [0.15, 0.2) is 11.5 Å². The molecule has 1 aromatic carbocycles. The molecular weight excluding hydrogens is 495 g/mol. The number of thioether (sulfide) groups is 1. The van der Waals surface area contributed by atoms with Crippen LogP contribution < -0.4 is 14.8 Å². The molecule has 0 saturated carbocycles. The van der Waals surface area contributed by atoms with Gasteiger partial charge in [-0.2, -0.15) is 0 Å². The Morgan fingerprint density at radius 3 is 2.59 bits per heavy atom. The van der Waals surface area contributed by atoms with Crippen molar-refractivity contribution >= 4 is 48.2 Å². The zero-order valence-corrected chi connectivity index (χ0v) is 21.1. The molecule has 0 saturated heterocycles. The maximum Gasteiger partial charge on any atom is 0.209 e. The van der Waals surface area contributed by atoms with Crippen LogP contribution in [0.1, 0.15) is 24.5 Å². The lowest BCUT2D eigenvalue weighted by Gasteiger charge is -2.14. The first-order chi connectivity index (χ1) is 14.7. The van der Waals surface area contributed by atoms with Crippen molar-refractivity contribution in [3.63, 3.8) is 0 Å². The van der Waals surface area contributed by atoms with Crippen LogP contribution in [0.2, 0.25) is 5.15 Å². The van der Waals surface area contributed by atoms with Crippen molar-refractivity contribution in [1.82, 2.24) is 30.5 Å². The summed E-state index contributed by atoms with van der Waals surface area (Å²) >= 11 is 7.48. The zero-order chi connectivity index (χ0) is 21.2. The van der Waals surface area contributed by atoms with E-state index in [4.69, 9.17) is 21.1 Å². The Bertz CT molecular complexity index is 930. The van der Waals surface area contributed by atoms with Crippen LogP contribution >= 0.6 is 48.2 Å². The quantitative estimate of drug-likeness (QED) is 0.214. The Labute approximate surface area is 209 Å². The van der Waals surface area contributed by atoms with Crippen LogP contribution in [0, 0.1) is 0 Å². The Hall–Kier alpha value is -1.78. The molecular formula is C20H27Cl3N6O2S. The number of ether oxygens (including phenoxy) is 2. The minimum atomic E-state index is 0. The van der Waals surface area contributed by atoms with Crippen molar-refractivity contribution in [3.8, 4) is 11.5 Å². The largest absolute Gasteiger partial charge is 0.490 e. The average molecular weight is 522 g/mol. The van der Waals surface area contributed by atoms with Gasteiger partial charge in [-0.15, -0.1) is 29.9 Å². The van der Waals surface area contributed by atoms with E-state index in [0.717, 1.165) is 47.3 Å². The summed E-state index contributed by atoms with van der Waals surface area (Å²) in [5.41, 5.74) is 2.09. The van der Waals surface area contributed by atoms with Crippen molar-refractivity contribution in [2.75, 3.05) is 18.9 Å². The van der Waals surface area contributed by atoms with Crippen LogP contribution in [0.4, 0.5) is 0 Å². The molecule has 0 spiro atoms. The summed E-state index contributed by atoms with van der Waals surface area (Å²) in [5.74, 6) is 2.41. The Morgan fingerprint density at radius 2 is 1.91 bits per heavy atom. The molecule has 0 unspecified atom stereocenters. The summed E-state index contributed by atoms with van der Waals surface area (Å²) in [6, 6.07) is 9.66. The van der Waals surface area contributed by atoms with Crippen molar-refractivity contribution in [3.05, 3.63) is 52.8 Å². The van der Waals surface area contributed by atoms with Crippen LogP contribution in [-0.2, 0) is 20.2 Å². The third-order valence-corrected chi connectivity index (χ3v) is 5.45. The lowest BCUT2D eigenvalue weighted by Crippen LogP contribution is -2.15. The second-order valence-electron chi connectivity index (χ2n) is 6.46. The van der Waals surface area contributed by atoms with E-state index in [-0.39, 0.29) is 24.8 Å². The topological polar surface area (TPSA) is 87.0 Å². The van der Waals surface area contributed by atoms with Gasteiger partial charge in [0.05, 0.1) is 6.61 Å². The van der Waals surface area contributed by atoms with Crippen molar-refractivity contribution < 1.29 is 9.47 Å². The van der Waals surface area contributed by atoms with Crippen LogP contribution in [0.5, 0.6) is 11.5 Å². The molecule has 12 heteroatoms. The molecule has 0 radical (unpaired) electrons. The summed E-state index contributed by atoms with van der Waals surface area (Å²) in [5, 5.41) is 16.2. The Morgan fingerprint density at radius 1 is 1.09 bits per heavy atom. The first-order valence-corrected chi connectivity index (χ1v) is 11.1. The monoisotopic (exact) mass is 520 g/mol. The number of hydrogen-bond donors (Lipinski definition) is 1. The molecule has 2 heterocycles. The highest BCUT2D eigenvalue weighted by molar-refractivity contribution is 7.99. The van der Waals surface area contributed by atoms with Gasteiger partial charge in [0.1, 0.15) is 11.8 Å². The summed E-state index contributed by atoms with van der Waals surface area (Å²) in [6.07, 6.45) is 2.73. The highest BCUT2D eigenvalue weighted by Crippen LogP contribution is 2.29. The predicted molar refractivity (Wildman–Crippen MR) is 132 cm³/mol. The van der Waals surface area contributed by atoms with Crippen molar-refractivity contribution in [1.29, 1.82) is 0 Å². The summed E-state index contributed by atoms with van der Waals surface area (Å²) in [4.78, 5) is 4.07. The molecule has 0 fully saturated rings. The molecule has 0 aliphatic rings. The Balaban J connectivity index is 0.00000256. The second kappa shape index (κ2) is 15.1. The fraction of sp³-hybridized carbons (Fsp3) is 0.400. The molecule has 3 aromatic rings. The Kier molecular flexibility index (Phi) is 13.4. The fourth-order valence-corrected chi connectivity index (χ4v) is 3.54. The van der Waals surface area contributed by atoms with E-state index in [1.165, 1.54) is 0 Å². The molecule has 32 heavy (non-hydrogen) atoms. The van der Waals surface area contributed by atoms with E-state index >= 15 is 0 Å². The minimum absolute atomic E-state index is 0. The van der Waals surface area contributed by atoms with E-state index in [0.29, 0.717) is 24.1 Å². The molecule has 3 rings (SSSR count). The molecule has 0 aliphatic carbocycles. The number of aryl methyl sites for hydroxylation is 1. The number of nitrogens with one attached hydrogen (secondary N) is 1. The van der Waals surface area contributed by atoms with Crippen LogP contribution in [-0.4, -0.2) is 44.1 Å². The molecule has 2 aromatic heterocycles. The third kappa shape index (κ3) is 8.99. The van der Waals surface area contributed by atoms with E-state index in [2.05, 4.69) is 25.8 Å². The van der Waals surface area contributed by atoms with E-state index in [1.807, 2.05) is 38.2 Å². The van der Waals surface area contributed by atoms with Gasteiger partial charge in [-0.1, -0.05) is 35.5 Å². The first-order valence-electron chi connectivity index (χ1n) is 9.70. The smallest absolute Gasteiger partial charge is 0.209 e. The molecule has 0 aliphatic heterocycles. The average Bonchev–Trinajstić information content (AvgIpc) is 3.16. The molecule has 1 N–H and O–H groups in total. The lowest BCUT2D eigenvalue weighted by molar-refractivity contribution is 0.269. The number of tetrazole rings is 1. The van der Waals surface area contributed by atoms with Gasteiger partial charge in [-0.05, 0) is 54.1 Å². The van der Waals surface area contributed by atoms with E-state index < -0.39 is 0 Å². The number of rotatable bonds is 12. The van der Waals surface area contributed by atoms with Gasteiger partial charge >= 0.3 is 0 Å². The van der Waals surface area contributed by atoms with Gasteiger partial charge in [0.2, 0.25) is 5.16 Å². The van der Waals surface area contributed by atoms with E-state index in [9.17, 15) is 0 Å². The van der Waals surface area contributed by atoms with Gasteiger partial charge in [-0.25, -0.2) is 9.67 Å². The zero-order valence-electron chi connectivity index (χ0n) is 17.9. The third-order valence-electron chi connectivity index (χ3n) is 4.13. The summed E-state index contributed by atoms with van der Waals surface area (Å²) in [7, 11) is 1.84. The van der Waals surface area contributed by atoms with Gasteiger partial charge in [0, 0.05) is 31.1 Å². The molecule has 0 amide bonds. The normalized spacial score (nSPS) is 10.2. The first kappa shape index (κ1) is 28.3. The highest BCUT2D eigenvalue weighted by Gasteiger charge is 2.08. The summed E-state index contributed by atoms with van der Waals surface area (Å²) in [6.45, 7) is 4.61. The van der Waals surface area contributed by atoms with Gasteiger partial charge in [-0.3, -0.25) is 0 Å². The number of benzene rings is 1. The van der Waals surface area contributed by atoms with Crippen LogP contribution in [0.15, 0.2) is 41.7 Å². The lowest BCUT2D eigenvalue weighted by atomic mass is 10.2. The summed E-state index contributed by atoms with van der Waals surface area (Å²) < 4.78 is 13.4. The van der Waals surface area contributed by atoms with Gasteiger partial charge < -0.3 is 14.8 Å². The van der Waals surface area contributed by atoms with Crippen LogP contribution in [0.25, 0.3) is 0 Å². The van der Waals surface area contributed by atoms with Crippen LogP contribution in [0.3, 0.4) is 0 Å². The predicted octanol–water partition coefficient (Wildman–Crippen LogP) is 4.35. The van der Waals surface area contributed by atoms with Crippen molar-refractivity contribution in [2.45, 2.75) is 31.7 Å². The number of halogens is 3. The minimum Gasteiger partial charge on any atom is -0.490 e. The van der Waals surface area contributed by atoms with E-state index in [1.54, 1.807) is 28.7 Å². The number of nitrogens with zero attached hydrogens (tertiary/aromatic N) is 5. The fourth-order valence-electron chi connectivity index (χ4n) is 2.64. The molecule has 8 nitrogen and oxygen atoms in total. The molecule has 0 bridgehead atoms. The maximum absolute atomic E-state index is 5.92. The molecule has 176 valence electrons.